The molecule has 0 aromatic heterocycles. The first-order valence-electron chi connectivity index (χ1n) is 9.68. The second-order valence-corrected chi connectivity index (χ2v) is 6.69. The number of hydrogen-bond donors (Lipinski definition) is 2. The van der Waals surface area contributed by atoms with Crippen molar-refractivity contribution in [1.29, 1.82) is 0 Å². The molecule has 0 bridgehead atoms. The van der Waals surface area contributed by atoms with Gasteiger partial charge in [0.2, 0.25) is 0 Å². The molecule has 0 amide bonds. The Morgan fingerprint density at radius 3 is 2.74 bits per heavy atom. The van der Waals surface area contributed by atoms with Crippen molar-refractivity contribution in [2.75, 3.05) is 46.9 Å². The van der Waals surface area contributed by atoms with Gasteiger partial charge in [0.05, 0.1) is 13.7 Å². The summed E-state index contributed by atoms with van der Waals surface area (Å²) in [5.74, 6) is 2.44. The van der Waals surface area contributed by atoms with Crippen LogP contribution in [0.25, 0.3) is 0 Å². The molecule has 1 aromatic rings. The van der Waals surface area contributed by atoms with E-state index in [0.29, 0.717) is 13.2 Å². The van der Waals surface area contributed by atoms with E-state index in [1.807, 2.05) is 24.3 Å². The van der Waals surface area contributed by atoms with Crippen molar-refractivity contribution in [3.8, 4) is 11.5 Å². The van der Waals surface area contributed by atoms with Crippen LogP contribution in [0.1, 0.15) is 32.6 Å². The number of benzene rings is 1. The molecule has 154 valence electrons. The molecule has 0 radical (unpaired) electrons. The summed E-state index contributed by atoms with van der Waals surface area (Å²) >= 11 is 0. The van der Waals surface area contributed by atoms with Crippen molar-refractivity contribution >= 4 is 29.9 Å². The average molecular weight is 490 g/mol. The molecule has 1 unspecified atom stereocenters. The second kappa shape index (κ2) is 13.9. The Bertz CT molecular complexity index is 557. The molecular weight excluding hydrogens is 455 g/mol. The van der Waals surface area contributed by atoms with E-state index in [2.05, 4.69) is 27.4 Å². The van der Waals surface area contributed by atoms with Crippen LogP contribution in [-0.4, -0.2) is 63.8 Å². The molecule has 1 saturated heterocycles. The predicted molar refractivity (Wildman–Crippen MR) is 123 cm³/mol. The zero-order chi connectivity index (χ0) is 18.6. The lowest BCUT2D eigenvalue weighted by atomic mass is 10.0. The zero-order valence-electron chi connectivity index (χ0n) is 16.9. The maximum atomic E-state index is 5.73. The SMILES string of the molecule is CN=C(NCCCN1CCCCC1C)NCCOc1cccc(OC)c1.I. The van der Waals surface area contributed by atoms with Crippen LogP contribution in [0.3, 0.4) is 0 Å². The minimum Gasteiger partial charge on any atom is -0.497 e. The molecule has 0 aliphatic carbocycles. The Morgan fingerprint density at radius 2 is 2.00 bits per heavy atom. The van der Waals surface area contributed by atoms with E-state index in [1.165, 1.54) is 25.8 Å². The van der Waals surface area contributed by atoms with Crippen LogP contribution < -0.4 is 20.1 Å². The van der Waals surface area contributed by atoms with Gasteiger partial charge in [0.1, 0.15) is 18.1 Å². The Balaban J connectivity index is 0.00000364. The van der Waals surface area contributed by atoms with Crippen LogP contribution in [0.4, 0.5) is 0 Å². The Morgan fingerprint density at radius 1 is 1.22 bits per heavy atom. The Kier molecular flexibility index (Phi) is 12.2. The highest BCUT2D eigenvalue weighted by Gasteiger charge is 2.17. The number of halogens is 1. The van der Waals surface area contributed by atoms with Gasteiger partial charge >= 0.3 is 0 Å². The van der Waals surface area contributed by atoms with Crippen molar-refractivity contribution < 1.29 is 9.47 Å². The molecular formula is C20H35IN4O2. The number of nitrogens with one attached hydrogen (secondary N) is 2. The lowest BCUT2D eigenvalue weighted by Gasteiger charge is -2.33. The van der Waals surface area contributed by atoms with Gasteiger partial charge < -0.3 is 25.0 Å². The molecule has 1 aliphatic rings. The molecule has 6 nitrogen and oxygen atoms in total. The first-order chi connectivity index (χ1) is 12.7. The molecule has 27 heavy (non-hydrogen) atoms. The topological polar surface area (TPSA) is 58.1 Å². The average Bonchev–Trinajstić information content (AvgIpc) is 2.68. The minimum absolute atomic E-state index is 0. The van der Waals surface area contributed by atoms with Gasteiger partial charge in [-0.25, -0.2) is 0 Å². The summed E-state index contributed by atoms with van der Waals surface area (Å²) in [5, 5.41) is 6.66. The first kappa shape index (κ1) is 23.8. The second-order valence-electron chi connectivity index (χ2n) is 6.69. The molecule has 0 saturated carbocycles. The molecule has 1 atom stereocenters. The third-order valence-electron chi connectivity index (χ3n) is 4.78. The number of piperidine rings is 1. The first-order valence-corrected chi connectivity index (χ1v) is 9.68. The van der Waals surface area contributed by atoms with Crippen LogP contribution in [0.5, 0.6) is 11.5 Å². The highest BCUT2D eigenvalue weighted by Crippen LogP contribution is 2.18. The van der Waals surface area contributed by atoms with Crippen LogP contribution in [-0.2, 0) is 0 Å². The fourth-order valence-corrected chi connectivity index (χ4v) is 3.23. The summed E-state index contributed by atoms with van der Waals surface area (Å²) < 4.78 is 10.9. The standard InChI is InChI=1S/C20H34N4O2.HI/c1-17-8-4-5-13-24(17)14-7-11-22-20(21-2)23-12-15-26-19-10-6-9-18(16-19)25-3;/h6,9-10,16-17H,4-5,7-8,11-15H2,1-3H3,(H2,21,22,23);1H. The highest BCUT2D eigenvalue weighted by molar-refractivity contribution is 14.0. The van der Waals surface area contributed by atoms with E-state index in [4.69, 9.17) is 9.47 Å². The van der Waals surface area contributed by atoms with Crippen LogP contribution in [0, 0.1) is 0 Å². The monoisotopic (exact) mass is 490 g/mol. The van der Waals surface area contributed by atoms with Gasteiger partial charge in [-0.05, 0) is 44.9 Å². The predicted octanol–water partition coefficient (Wildman–Crippen LogP) is 3.12. The zero-order valence-corrected chi connectivity index (χ0v) is 19.2. The van der Waals surface area contributed by atoms with Crippen molar-refractivity contribution in [3.63, 3.8) is 0 Å². The van der Waals surface area contributed by atoms with E-state index in [1.54, 1.807) is 14.2 Å². The number of rotatable bonds is 9. The van der Waals surface area contributed by atoms with E-state index in [0.717, 1.165) is 43.0 Å². The van der Waals surface area contributed by atoms with Gasteiger partial charge in [0, 0.05) is 32.2 Å². The quantitative estimate of drug-likeness (QED) is 0.241. The molecule has 1 heterocycles. The normalized spacial score (nSPS) is 17.7. The van der Waals surface area contributed by atoms with E-state index in [9.17, 15) is 0 Å². The number of hydrogen-bond acceptors (Lipinski definition) is 4. The van der Waals surface area contributed by atoms with Gasteiger partial charge in [-0.15, -0.1) is 24.0 Å². The number of guanidine groups is 1. The van der Waals surface area contributed by atoms with Gasteiger partial charge in [-0.1, -0.05) is 12.5 Å². The van der Waals surface area contributed by atoms with E-state index < -0.39 is 0 Å². The summed E-state index contributed by atoms with van der Waals surface area (Å²) in [4.78, 5) is 6.87. The van der Waals surface area contributed by atoms with Crippen molar-refractivity contribution in [2.45, 2.75) is 38.6 Å². The van der Waals surface area contributed by atoms with Gasteiger partial charge in [-0.3, -0.25) is 4.99 Å². The summed E-state index contributed by atoms with van der Waals surface area (Å²) in [6.07, 6.45) is 5.19. The summed E-state index contributed by atoms with van der Waals surface area (Å²) in [6.45, 7) is 6.94. The fourth-order valence-electron chi connectivity index (χ4n) is 3.23. The largest absolute Gasteiger partial charge is 0.497 e. The van der Waals surface area contributed by atoms with Crippen LogP contribution in [0.2, 0.25) is 0 Å². The van der Waals surface area contributed by atoms with Crippen molar-refractivity contribution in [3.05, 3.63) is 24.3 Å². The lowest BCUT2D eigenvalue weighted by Crippen LogP contribution is -2.42. The Hall–Kier alpha value is -1.22. The number of aliphatic imine (C=N–C) groups is 1. The smallest absolute Gasteiger partial charge is 0.191 e. The van der Waals surface area contributed by atoms with Gasteiger partial charge in [-0.2, -0.15) is 0 Å². The number of nitrogens with zero attached hydrogens (tertiary/aromatic N) is 2. The number of likely N-dealkylation sites (tertiary alicyclic amines) is 1. The number of methoxy groups -OCH3 is 1. The van der Waals surface area contributed by atoms with Crippen molar-refractivity contribution in [2.24, 2.45) is 4.99 Å². The fraction of sp³-hybridized carbons (Fsp3) is 0.650. The highest BCUT2D eigenvalue weighted by atomic mass is 127. The molecule has 2 N–H and O–H groups in total. The third kappa shape index (κ3) is 9.01. The molecule has 1 aromatic carbocycles. The number of ether oxygens (including phenoxy) is 2. The molecule has 2 rings (SSSR count). The minimum atomic E-state index is 0. The lowest BCUT2D eigenvalue weighted by molar-refractivity contribution is 0.159. The van der Waals surface area contributed by atoms with Gasteiger partial charge in [0.25, 0.3) is 0 Å². The maximum absolute atomic E-state index is 5.73. The Labute approximate surface area is 181 Å². The van der Waals surface area contributed by atoms with Crippen LogP contribution >= 0.6 is 24.0 Å². The maximum Gasteiger partial charge on any atom is 0.191 e. The summed E-state index contributed by atoms with van der Waals surface area (Å²) in [7, 11) is 3.45. The summed E-state index contributed by atoms with van der Waals surface area (Å²) in [6, 6.07) is 8.37. The molecule has 0 spiro atoms. The molecule has 1 aliphatic heterocycles. The van der Waals surface area contributed by atoms with E-state index in [-0.39, 0.29) is 24.0 Å². The molecule has 7 heteroatoms. The summed E-state index contributed by atoms with van der Waals surface area (Å²) in [5.41, 5.74) is 0. The molecule has 1 fully saturated rings. The van der Waals surface area contributed by atoms with E-state index >= 15 is 0 Å². The third-order valence-corrected chi connectivity index (χ3v) is 4.78. The van der Waals surface area contributed by atoms with Crippen molar-refractivity contribution in [1.82, 2.24) is 15.5 Å². The van der Waals surface area contributed by atoms with Gasteiger partial charge in [0.15, 0.2) is 5.96 Å². The van der Waals surface area contributed by atoms with Crippen LogP contribution in [0.15, 0.2) is 29.3 Å².